The number of aromatic nitrogens is 3. The Morgan fingerprint density at radius 3 is 2.81 bits per heavy atom. The smallest absolute Gasteiger partial charge is 0.291 e. The fourth-order valence-corrected chi connectivity index (χ4v) is 2.80. The summed E-state index contributed by atoms with van der Waals surface area (Å²) >= 11 is 0. The van der Waals surface area contributed by atoms with Gasteiger partial charge in [-0.2, -0.15) is 0 Å². The summed E-state index contributed by atoms with van der Waals surface area (Å²) in [5, 5.41) is 0. The number of carbonyl (C=O) groups excluding carboxylic acids is 1. The maximum absolute atomic E-state index is 12.5. The zero-order valence-corrected chi connectivity index (χ0v) is 12.4. The van der Waals surface area contributed by atoms with Crippen LogP contribution in [0.4, 0.5) is 0 Å². The van der Waals surface area contributed by atoms with E-state index in [0.29, 0.717) is 29.7 Å². The molecular formula is C15H20N4O2. The van der Waals surface area contributed by atoms with Gasteiger partial charge >= 0.3 is 0 Å². The highest BCUT2D eigenvalue weighted by Gasteiger charge is 2.28. The lowest BCUT2D eigenvalue weighted by molar-refractivity contribution is 0.0676. The molecule has 1 saturated heterocycles. The van der Waals surface area contributed by atoms with Gasteiger partial charge < -0.3 is 14.3 Å². The van der Waals surface area contributed by atoms with Crippen LogP contribution in [0.3, 0.4) is 0 Å². The standard InChI is InChI=1S/C15H20N4O2/c1-3-12-18-10(2)13(21-12)15(20)19-8-4-11(5-9-19)14-16-6-7-17-14/h6-7,11H,3-5,8-9H2,1-2H3,(H,16,17). The van der Waals surface area contributed by atoms with Crippen LogP contribution in [-0.4, -0.2) is 38.8 Å². The number of aryl methyl sites for hydroxylation is 2. The number of nitrogens with zero attached hydrogens (tertiary/aromatic N) is 3. The second kappa shape index (κ2) is 5.71. The normalized spacial score (nSPS) is 16.4. The molecule has 3 rings (SSSR count). The highest BCUT2D eigenvalue weighted by molar-refractivity contribution is 5.92. The topological polar surface area (TPSA) is 75.0 Å². The first-order valence-corrected chi connectivity index (χ1v) is 7.44. The van der Waals surface area contributed by atoms with Crippen LogP contribution in [0.2, 0.25) is 0 Å². The van der Waals surface area contributed by atoms with Crippen molar-refractivity contribution >= 4 is 5.91 Å². The van der Waals surface area contributed by atoms with Crippen molar-refractivity contribution in [2.24, 2.45) is 0 Å². The average molecular weight is 288 g/mol. The minimum absolute atomic E-state index is 0.0439. The third kappa shape index (κ3) is 2.70. The van der Waals surface area contributed by atoms with Crippen molar-refractivity contribution in [3.8, 4) is 0 Å². The lowest BCUT2D eigenvalue weighted by Gasteiger charge is -2.30. The van der Waals surface area contributed by atoms with Crippen molar-refractivity contribution < 1.29 is 9.21 Å². The molecule has 1 aliphatic heterocycles. The first-order chi connectivity index (χ1) is 10.2. The summed E-state index contributed by atoms with van der Waals surface area (Å²) in [4.78, 5) is 26.1. The highest BCUT2D eigenvalue weighted by atomic mass is 16.4. The van der Waals surface area contributed by atoms with Gasteiger partial charge in [0.05, 0.1) is 5.69 Å². The number of hydrogen-bond donors (Lipinski definition) is 1. The minimum Gasteiger partial charge on any atom is -0.435 e. The summed E-state index contributed by atoms with van der Waals surface area (Å²) in [5.74, 6) is 2.40. The van der Waals surface area contributed by atoms with Crippen molar-refractivity contribution in [3.63, 3.8) is 0 Å². The van der Waals surface area contributed by atoms with Crippen LogP contribution >= 0.6 is 0 Å². The predicted molar refractivity (Wildman–Crippen MR) is 77.1 cm³/mol. The summed E-state index contributed by atoms with van der Waals surface area (Å²) in [6.07, 6.45) is 6.17. The Hall–Kier alpha value is -2.11. The highest BCUT2D eigenvalue weighted by Crippen LogP contribution is 2.26. The summed E-state index contributed by atoms with van der Waals surface area (Å²) in [5.41, 5.74) is 0.685. The molecule has 112 valence electrons. The number of aromatic amines is 1. The van der Waals surface area contributed by atoms with Gasteiger partial charge in [0.15, 0.2) is 5.89 Å². The number of nitrogens with one attached hydrogen (secondary N) is 1. The van der Waals surface area contributed by atoms with Gasteiger partial charge in [0.2, 0.25) is 5.76 Å². The van der Waals surface area contributed by atoms with Crippen molar-refractivity contribution in [3.05, 3.63) is 35.6 Å². The van der Waals surface area contributed by atoms with Gasteiger partial charge in [0.1, 0.15) is 5.82 Å². The molecule has 0 radical (unpaired) electrons. The van der Waals surface area contributed by atoms with Gasteiger partial charge in [-0.05, 0) is 19.8 Å². The molecule has 0 aliphatic carbocycles. The minimum atomic E-state index is -0.0439. The maximum Gasteiger partial charge on any atom is 0.291 e. The van der Waals surface area contributed by atoms with Gasteiger partial charge in [0, 0.05) is 37.8 Å². The molecule has 21 heavy (non-hydrogen) atoms. The van der Waals surface area contributed by atoms with Gasteiger partial charge in [0.25, 0.3) is 5.91 Å². The molecule has 1 N–H and O–H groups in total. The number of carbonyl (C=O) groups is 1. The van der Waals surface area contributed by atoms with E-state index >= 15 is 0 Å². The van der Waals surface area contributed by atoms with Crippen molar-refractivity contribution in [1.82, 2.24) is 19.9 Å². The largest absolute Gasteiger partial charge is 0.435 e. The summed E-state index contributed by atoms with van der Waals surface area (Å²) < 4.78 is 5.56. The summed E-state index contributed by atoms with van der Waals surface area (Å²) in [7, 11) is 0. The average Bonchev–Trinajstić information content (AvgIpc) is 3.16. The summed E-state index contributed by atoms with van der Waals surface area (Å²) in [6.45, 7) is 5.25. The molecule has 6 nitrogen and oxygen atoms in total. The molecule has 0 spiro atoms. The fraction of sp³-hybridized carbons (Fsp3) is 0.533. The molecule has 0 bridgehead atoms. The molecule has 2 aromatic rings. The number of rotatable bonds is 3. The lowest BCUT2D eigenvalue weighted by atomic mass is 9.96. The number of H-pyrrole nitrogens is 1. The molecule has 1 amide bonds. The predicted octanol–water partition coefficient (Wildman–Crippen LogP) is 2.29. The molecule has 3 heterocycles. The lowest BCUT2D eigenvalue weighted by Crippen LogP contribution is -2.38. The van der Waals surface area contributed by atoms with E-state index < -0.39 is 0 Å². The second-order valence-corrected chi connectivity index (χ2v) is 5.42. The molecule has 0 unspecified atom stereocenters. The SMILES string of the molecule is CCc1nc(C)c(C(=O)N2CCC(c3ncc[nH]3)CC2)o1. The quantitative estimate of drug-likeness (QED) is 0.940. The van der Waals surface area contributed by atoms with Gasteiger partial charge in [-0.1, -0.05) is 6.92 Å². The Labute approximate surface area is 123 Å². The van der Waals surface area contributed by atoms with E-state index in [4.69, 9.17) is 4.42 Å². The van der Waals surface area contributed by atoms with E-state index in [-0.39, 0.29) is 5.91 Å². The molecule has 2 aromatic heterocycles. The zero-order valence-electron chi connectivity index (χ0n) is 12.4. The van der Waals surface area contributed by atoms with Gasteiger partial charge in [-0.3, -0.25) is 4.79 Å². The third-order valence-corrected chi connectivity index (χ3v) is 4.03. The van der Waals surface area contributed by atoms with Gasteiger partial charge in [-0.25, -0.2) is 9.97 Å². The van der Waals surface area contributed by atoms with Crippen LogP contribution in [0.25, 0.3) is 0 Å². The molecule has 0 atom stereocenters. The molecule has 6 heteroatoms. The molecule has 0 aromatic carbocycles. The Bertz CT molecular complexity index is 610. The van der Waals surface area contributed by atoms with E-state index in [1.165, 1.54) is 0 Å². The molecule has 0 saturated carbocycles. The zero-order chi connectivity index (χ0) is 14.8. The number of amides is 1. The van der Waals surface area contributed by atoms with E-state index in [2.05, 4.69) is 15.0 Å². The van der Waals surface area contributed by atoms with E-state index in [0.717, 1.165) is 31.8 Å². The number of oxazole rings is 1. The van der Waals surface area contributed by atoms with E-state index in [1.807, 2.05) is 24.9 Å². The number of hydrogen-bond acceptors (Lipinski definition) is 4. The first kappa shape index (κ1) is 13.9. The second-order valence-electron chi connectivity index (χ2n) is 5.42. The Balaban J connectivity index is 1.66. The van der Waals surface area contributed by atoms with Crippen molar-refractivity contribution in [2.75, 3.05) is 13.1 Å². The maximum atomic E-state index is 12.5. The van der Waals surface area contributed by atoms with E-state index in [1.54, 1.807) is 6.20 Å². The third-order valence-electron chi connectivity index (χ3n) is 4.03. The number of likely N-dealkylation sites (tertiary alicyclic amines) is 1. The van der Waals surface area contributed by atoms with Crippen LogP contribution in [0.1, 0.15) is 53.6 Å². The molecule has 1 fully saturated rings. The number of piperidine rings is 1. The van der Waals surface area contributed by atoms with Crippen LogP contribution in [0.5, 0.6) is 0 Å². The van der Waals surface area contributed by atoms with Gasteiger partial charge in [-0.15, -0.1) is 0 Å². The first-order valence-electron chi connectivity index (χ1n) is 7.44. The molecular weight excluding hydrogens is 268 g/mol. The molecule has 1 aliphatic rings. The Morgan fingerprint density at radius 2 is 2.24 bits per heavy atom. The van der Waals surface area contributed by atoms with Crippen molar-refractivity contribution in [1.29, 1.82) is 0 Å². The van der Waals surface area contributed by atoms with Crippen LogP contribution < -0.4 is 0 Å². The Kier molecular flexibility index (Phi) is 3.77. The van der Waals surface area contributed by atoms with Crippen molar-refractivity contribution in [2.45, 2.75) is 39.0 Å². The van der Waals surface area contributed by atoms with Crippen LogP contribution in [0.15, 0.2) is 16.8 Å². The summed E-state index contributed by atoms with van der Waals surface area (Å²) in [6, 6.07) is 0. The number of imidazole rings is 1. The van der Waals surface area contributed by atoms with Crippen LogP contribution in [-0.2, 0) is 6.42 Å². The monoisotopic (exact) mass is 288 g/mol. The fourth-order valence-electron chi connectivity index (χ4n) is 2.80. The Morgan fingerprint density at radius 1 is 1.48 bits per heavy atom. The van der Waals surface area contributed by atoms with Crippen LogP contribution in [0, 0.1) is 6.92 Å². The van der Waals surface area contributed by atoms with E-state index in [9.17, 15) is 4.79 Å².